The minimum Gasteiger partial charge on any atom is -0.358 e. The van der Waals surface area contributed by atoms with Crippen molar-refractivity contribution in [3.63, 3.8) is 0 Å². The van der Waals surface area contributed by atoms with Crippen LogP contribution in [-0.4, -0.2) is 50.1 Å². The van der Waals surface area contributed by atoms with Gasteiger partial charge >= 0.3 is 0 Å². The van der Waals surface area contributed by atoms with Crippen molar-refractivity contribution in [2.75, 3.05) is 40.3 Å². The summed E-state index contributed by atoms with van der Waals surface area (Å²) in [6, 6.07) is 0. The first kappa shape index (κ1) is 18.7. The molecule has 0 amide bonds. The Kier molecular flexibility index (Phi) is 18.8. The predicted molar refractivity (Wildman–Crippen MR) is 54.9 cm³/mol. The molecule has 1 saturated heterocycles. The van der Waals surface area contributed by atoms with Crippen molar-refractivity contribution in [3.8, 4) is 0 Å². The third kappa shape index (κ3) is 9.11. The smallest absolute Gasteiger partial charge is 0.0194 e. The Bertz CT molecular complexity index is 66.0. The van der Waals surface area contributed by atoms with Crippen molar-refractivity contribution < 1.29 is 34.1 Å². The molecule has 0 unspecified atom stereocenters. The van der Waals surface area contributed by atoms with Gasteiger partial charge in [-0.25, -0.2) is 0 Å². The van der Waals surface area contributed by atoms with E-state index >= 15 is 0 Å². The van der Waals surface area contributed by atoms with Crippen molar-refractivity contribution >= 4 is 0 Å². The fourth-order valence-corrected chi connectivity index (χ4v) is 0.906. The SMILES string of the molecule is C.CN1CCN(C)CC1.[3H]C.[CH3-].[Y]. The Hall–Kier alpha value is 1.02. The Labute approximate surface area is 106 Å². The van der Waals surface area contributed by atoms with Gasteiger partial charge in [-0.3, -0.25) is 0 Å². The van der Waals surface area contributed by atoms with Gasteiger partial charge in [-0.15, -0.1) is 0 Å². The van der Waals surface area contributed by atoms with E-state index in [-0.39, 0.29) is 47.6 Å². The first-order valence-corrected chi connectivity index (χ1v) is 3.16. The van der Waals surface area contributed by atoms with Crippen molar-refractivity contribution in [1.29, 1.82) is 0 Å². The summed E-state index contributed by atoms with van der Waals surface area (Å²) in [6.07, 6.45) is 0. The van der Waals surface area contributed by atoms with Gasteiger partial charge in [0.15, 0.2) is 0 Å². The second kappa shape index (κ2) is 12.0. The van der Waals surface area contributed by atoms with Crippen LogP contribution in [0, 0.1) is 7.43 Å². The quantitative estimate of drug-likeness (QED) is 0.604. The molecule has 1 fully saturated rings. The van der Waals surface area contributed by atoms with Crippen LogP contribution in [0.4, 0.5) is 0 Å². The van der Waals surface area contributed by atoms with E-state index in [1.807, 2.05) is 0 Å². The molecule has 0 aromatic rings. The molecule has 0 atom stereocenters. The van der Waals surface area contributed by atoms with Gasteiger partial charge in [0.25, 0.3) is 0 Å². The summed E-state index contributed by atoms with van der Waals surface area (Å²) in [5.41, 5.74) is 0. The van der Waals surface area contributed by atoms with Crippen molar-refractivity contribution in [2.45, 2.75) is 14.8 Å². The zero-order valence-corrected chi connectivity index (χ0v) is 11.1. The van der Waals surface area contributed by atoms with E-state index in [2.05, 4.69) is 23.9 Å². The van der Waals surface area contributed by atoms with E-state index in [0.717, 1.165) is 0 Å². The maximum Gasteiger partial charge on any atom is 0.0194 e. The van der Waals surface area contributed by atoms with Crippen LogP contribution < -0.4 is 0 Å². The van der Waals surface area contributed by atoms with E-state index in [1.165, 1.54) is 33.6 Å². The van der Waals surface area contributed by atoms with Crippen molar-refractivity contribution in [1.82, 2.24) is 9.80 Å². The Balaban J connectivity index is -0.0000000761. The zero-order valence-electron chi connectivity index (χ0n) is 9.30. The molecule has 1 aliphatic heterocycles. The van der Waals surface area contributed by atoms with E-state index in [9.17, 15) is 0 Å². The molecule has 0 N–H and O–H groups in total. The maximum atomic E-state index is 5.75. The molecule has 0 spiro atoms. The minimum atomic E-state index is 0. The van der Waals surface area contributed by atoms with E-state index in [0.29, 0.717) is 0 Å². The molecule has 0 aliphatic carbocycles. The van der Waals surface area contributed by atoms with Crippen LogP contribution >= 0.6 is 0 Å². The van der Waals surface area contributed by atoms with Crippen LogP contribution in [0.2, 0.25) is 0 Å². The van der Waals surface area contributed by atoms with Gasteiger partial charge in [-0.1, -0.05) is 14.8 Å². The molecule has 0 saturated carbocycles. The number of rotatable bonds is 0. The molecule has 2 nitrogen and oxygen atoms in total. The van der Waals surface area contributed by atoms with E-state index in [4.69, 9.17) is 1.37 Å². The molecule has 3 heteroatoms. The number of piperazine rings is 1. The van der Waals surface area contributed by atoms with Gasteiger partial charge in [-0.05, 0) is 14.1 Å². The maximum absolute atomic E-state index is 5.75. The number of hydrogen-bond donors (Lipinski definition) is 0. The standard InChI is InChI=1S/C6H14N2.2CH4.CH3.Y/c1-7-3-5-8(2)6-4-7;;;;/h3-6H2,1-2H3;2*1H4;1H3;/q;;;-1;/i;1T;;;. The summed E-state index contributed by atoms with van der Waals surface area (Å²) >= 11 is 0. The van der Waals surface area contributed by atoms with Crippen LogP contribution in [0.3, 0.4) is 0 Å². The number of hydrogen-bond acceptors (Lipinski definition) is 2. The molecule has 75 valence electrons. The fraction of sp³-hybridized carbons (Fsp3) is 0.889. The van der Waals surface area contributed by atoms with Gasteiger partial charge in [0.2, 0.25) is 0 Å². The summed E-state index contributed by atoms with van der Waals surface area (Å²) < 4.78 is 5.75. The Morgan fingerprint density at radius 3 is 1.25 bits per heavy atom. The summed E-state index contributed by atoms with van der Waals surface area (Å²) in [4.78, 5) is 4.72. The van der Waals surface area contributed by atoms with Gasteiger partial charge in [0, 0.05) is 60.3 Å². The largest absolute Gasteiger partial charge is 0.358 e. The topological polar surface area (TPSA) is 6.48 Å². The normalized spacial score (nSPS) is 18.1. The molecule has 1 radical (unpaired) electrons. The zero-order chi connectivity index (χ0) is 7.98. The van der Waals surface area contributed by atoms with Crippen LogP contribution in [0.1, 0.15) is 16.2 Å². The summed E-state index contributed by atoms with van der Waals surface area (Å²) in [6.45, 7) is 4.93. The summed E-state index contributed by atoms with van der Waals surface area (Å²) in [5, 5.41) is 0. The minimum absolute atomic E-state index is 0. The second-order valence-electron chi connectivity index (χ2n) is 2.61. The number of likely N-dealkylation sites (N-methyl/N-ethyl adjacent to an activating group) is 2. The Morgan fingerprint density at radius 2 is 1.08 bits per heavy atom. The molecular formula is C9H25N2Y-. The predicted octanol–water partition coefficient (Wildman–Crippen LogP) is 1.58. The molecule has 12 heavy (non-hydrogen) atoms. The fourth-order valence-electron chi connectivity index (χ4n) is 0.906. The van der Waals surface area contributed by atoms with Gasteiger partial charge in [0.05, 0.1) is 0 Å². The molecule has 0 aromatic carbocycles. The summed E-state index contributed by atoms with van der Waals surface area (Å²) in [7, 11) is 5.60. The van der Waals surface area contributed by atoms with Crippen molar-refractivity contribution in [3.05, 3.63) is 7.43 Å². The van der Waals surface area contributed by atoms with Gasteiger partial charge in [-0.2, -0.15) is 0 Å². The first-order chi connectivity index (χ1) is 4.79. The van der Waals surface area contributed by atoms with Gasteiger partial charge < -0.3 is 17.2 Å². The second-order valence-corrected chi connectivity index (χ2v) is 2.61. The van der Waals surface area contributed by atoms with Gasteiger partial charge in [0.1, 0.15) is 0 Å². The molecule has 1 rings (SSSR count). The molecule has 1 heterocycles. The van der Waals surface area contributed by atoms with Crippen LogP contribution in [0.15, 0.2) is 0 Å². The molecular weight excluding hydrogens is 225 g/mol. The molecule has 0 aromatic heterocycles. The number of nitrogens with zero attached hydrogens (tertiary/aromatic N) is 2. The van der Waals surface area contributed by atoms with Crippen LogP contribution in [-0.2, 0) is 32.7 Å². The third-order valence-corrected chi connectivity index (χ3v) is 1.73. The molecule has 0 bridgehead atoms. The van der Waals surface area contributed by atoms with Crippen molar-refractivity contribution in [2.24, 2.45) is 0 Å². The Morgan fingerprint density at radius 1 is 0.917 bits per heavy atom. The monoisotopic (exact) mass is 252 g/mol. The van der Waals surface area contributed by atoms with Crippen LogP contribution in [0.5, 0.6) is 0 Å². The van der Waals surface area contributed by atoms with Crippen LogP contribution in [0.25, 0.3) is 0 Å². The average molecular weight is 252 g/mol. The summed E-state index contributed by atoms with van der Waals surface area (Å²) in [5.74, 6) is 0. The third-order valence-electron chi connectivity index (χ3n) is 1.73. The van der Waals surface area contributed by atoms with E-state index in [1.54, 1.807) is 0 Å². The molecule has 1 aliphatic rings. The van der Waals surface area contributed by atoms with E-state index < -0.39 is 0 Å². The average Bonchev–Trinajstić information content (AvgIpc) is 2.00. The first-order valence-electron chi connectivity index (χ1n) is 4.16.